The standard InChI is InChI=1S/C14H14ClNS/c1-3-11-9-6-8(2)7-16-14-10(15)4-5-12(17-11)13(9)14/h3-5,8,16H,1,6-7H2,2H3. The number of anilines is 1. The summed E-state index contributed by atoms with van der Waals surface area (Å²) in [4.78, 5) is 1.29. The van der Waals surface area contributed by atoms with Crippen molar-refractivity contribution in [2.45, 2.75) is 13.3 Å². The summed E-state index contributed by atoms with van der Waals surface area (Å²) in [5, 5.41) is 5.61. The summed E-state index contributed by atoms with van der Waals surface area (Å²) in [6.45, 7) is 7.17. The molecule has 1 aromatic carbocycles. The highest BCUT2D eigenvalue weighted by Crippen LogP contribution is 2.42. The number of hydrogen-bond acceptors (Lipinski definition) is 2. The molecule has 0 bridgehead atoms. The third kappa shape index (κ3) is 1.67. The molecular formula is C14H14ClNS. The molecule has 0 saturated carbocycles. The summed E-state index contributed by atoms with van der Waals surface area (Å²) >= 11 is 8.10. The Hall–Kier alpha value is -0.990. The molecule has 0 amide bonds. The molecule has 1 aliphatic rings. The van der Waals surface area contributed by atoms with Gasteiger partial charge in [-0.05, 0) is 30.0 Å². The quantitative estimate of drug-likeness (QED) is 0.779. The first-order chi connectivity index (χ1) is 8.20. The number of benzene rings is 1. The summed E-state index contributed by atoms with van der Waals surface area (Å²) in [6, 6.07) is 4.09. The van der Waals surface area contributed by atoms with Crippen molar-refractivity contribution in [3.8, 4) is 0 Å². The number of rotatable bonds is 1. The second kappa shape index (κ2) is 4.04. The average Bonchev–Trinajstić information content (AvgIpc) is 2.56. The lowest BCUT2D eigenvalue weighted by atomic mass is 10.00. The molecule has 3 heteroatoms. The monoisotopic (exact) mass is 263 g/mol. The molecule has 1 atom stereocenters. The maximum Gasteiger partial charge on any atom is 0.0644 e. The van der Waals surface area contributed by atoms with Crippen LogP contribution in [0.3, 0.4) is 0 Å². The van der Waals surface area contributed by atoms with Crippen molar-refractivity contribution < 1.29 is 0 Å². The van der Waals surface area contributed by atoms with E-state index in [9.17, 15) is 0 Å². The largest absolute Gasteiger partial charge is 0.383 e. The zero-order chi connectivity index (χ0) is 12.0. The van der Waals surface area contributed by atoms with Crippen molar-refractivity contribution in [1.29, 1.82) is 0 Å². The van der Waals surface area contributed by atoms with Gasteiger partial charge in [-0.2, -0.15) is 0 Å². The van der Waals surface area contributed by atoms with Gasteiger partial charge in [0.25, 0.3) is 0 Å². The van der Waals surface area contributed by atoms with Gasteiger partial charge in [-0.25, -0.2) is 0 Å². The molecule has 1 nitrogen and oxygen atoms in total. The summed E-state index contributed by atoms with van der Waals surface area (Å²) in [6.07, 6.45) is 3.07. The predicted octanol–water partition coefficient (Wildman–Crippen LogP) is 4.80. The van der Waals surface area contributed by atoms with Crippen LogP contribution in [0.15, 0.2) is 18.7 Å². The molecule has 1 unspecified atom stereocenters. The normalized spacial score (nSPS) is 18.8. The van der Waals surface area contributed by atoms with Crippen molar-refractivity contribution in [1.82, 2.24) is 0 Å². The molecule has 88 valence electrons. The lowest BCUT2D eigenvalue weighted by Gasteiger charge is -2.10. The first kappa shape index (κ1) is 11.1. The molecule has 0 saturated heterocycles. The molecular weight excluding hydrogens is 250 g/mol. The zero-order valence-electron chi connectivity index (χ0n) is 9.72. The van der Waals surface area contributed by atoms with E-state index in [2.05, 4.69) is 24.9 Å². The molecule has 0 aliphatic carbocycles. The predicted molar refractivity (Wildman–Crippen MR) is 78.3 cm³/mol. The van der Waals surface area contributed by atoms with Gasteiger partial charge in [0.15, 0.2) is 0 Å². The van der Waals surface area contributed by atoms with Gasteiger partial charge in [-0.15, -0.1) is 11.3 Å². The Labute approximate surface area is 110 Å². The van der Waals surface area contributed by atoms with Crippen molar-refractivity contribution >= 4 is 44.8 Å². The molecule has 17 heavy (non-hydrogen) atoms. The van der Waals surface area contributed by atoms with E-state index in [-0.39, 0.29) is 0 Å². The van der Waals surface area contributed by atoms with Gasteiger partial charge in [-0.3, -0.25) is 0 Å². The summed E-state index contributed by atoms with van der Waals surface area (Å²) < 4.78 is 1.30. The van der Waals surface area contributed by atoms with E-state index in [1.54, 1.807) is 11.3 Å². The Balaban J connectivity index is 2.39. The van der Waals surface area contributed by atoms with Crippen LogP contribution in [-0.4, -0.2) is 6.54 Å². The van der Waals surface area contributed by atoms with Gasteiger partial charge < -0.3 is 5.32 Å². The molecule has 0 radical (unpaired) electrons. The topological polar surface area (TPSA) is 12.0 Å². The molecule has 2 aromatic rings. The number of hydrogen-bond donors (Lipinski definition) is 1. The summed E-state index contributed by atoms with van der Waals surface area (Å²) in [5.41, 5.74) is 2.52. The van der Waals surface area contributed by atoms with Crippen molar-refractivity contribution in [2.75, 3.05) is 11.9 Å². The van der Waals surface area contributed by atoms with E-state index in [1.165, 1.54) is 20.5 Å². The first-order valence-electron chi connectivity index (χ1n) is 5.81. The second-order valence-electron chi connectivity index (χ2n) is 4.63. The molecule has 2 heterocycles. The van der Waals surface area contributed by atoms with Gasteiger partial charge in [0, 0.05) is 21.5 Å². The van der Waals surface area contributed by atoms with E-state index < -0.39 is 0 Å². The highest BCUT2D eigenvalue weighted by molar-refractivity contribution is 7.20. The molecule has 3 rings (SSSR count). The lowest BCUT2D eigenvalue weighted by Crippen LogP contribution is -2.10. The highest BCUT2D eigenvalue weighted by atomic mass is 35.5. The Kier molecular flexibility index (Phi) is 2.64. The second-order valence-corrected chi connectivity index (χ2v) is 6.13. The van der Waals surface area contributed by atoms with Gasteiger partial charge in [0.1, 0.15) is 0 Å². The van der Waals surface area contributed by atoms with Crippen LogP contribution in [0.4, 0.5) is 5.69 Å². The zero-order valence-corrected chi connectivity index (χ0v) is 11.3. The molecule has 1 aromatic heterocycles. The van der Waals surface area contributed by atoms with Crippen LogP contribution in [0.2, 0.25) is 5.02 Å². The third-order valence-electron chi connectivity index (χ3n) is 3.30. The first-order valence-corrected chi connectivity index (χ1v) is 7.00. The minimum absolute atomic E-state index is 0.620. The smallest absolute Gasteiger partial charge is 0.0644 e. The van der Waals surface area contributed by atoms with E-state index in [4.69, 9.17) is 11.6 Å². The maximum absolute atomic E-state index is 6.30. The number of halogens is 1. The minimum Gasteiger partial charge on any atom is -0.383 e. The van der Waals surface area contributed by atoms with E-state index in [0.717, 1.165) is 23.7 Å². The molecule has 1 aliphatic heterocycles. The summed E-state index contributed by atoms with van der Waals surface area (Å²) in [7, 11) is 0. The van der Waals surface area contributed by atoms with Crippen LogP contribution in [0.5, 0.6) is 0 Å². The summed E-state index contributed by atoms with van der Waals surface area (Å²) in [5.74, 6) is 0.620. The fraction of sp³-hybridized carbons (Fsp3) is 0.286. The van der Waals surface area contributed by atoms with Gasteiger partial charge >= 0.3 is 0 Å². The van der Waals surface area contributed by atoms with Crippen molar-refractivity contribution in [2.24, 2.45) is 5.92 Å². The molecule has 1 N–H and O–H groups in total. The van der Waals surface area contributed by atoms with Crippen LogP contribution >= 0.6 is 22.9 Å². The Bertz CT molecular complexity index is 600. The number of thiophene rings is 1. The SMILES string of the molecule is C=Cc1sc2ccc(Cl)c3c2c1CC(C)CN3. The van der Waals surface area contributed by atoms with E-state index in [0.29, 0.717) is 5.92 Å². The molecule has 0 fully saturated rings. The maximum atomic E-state index is 6.30. The van der Waals surface area contributed by atoms with Crippen molar-refractivity contribution in [3.63, 3.8) is 0 Å². The van der Waals surface area contributed by atoms with Gasteiger partial charge in [0.2, 0.25) is 0 Å². The van der Waals surface area contributed by atoms with Crippen LogP contribution in [0, 0.1) is 5.92 Å². The van der Waals surface area contributed by atoms with Gasteiger partial charge in [-0.1, -0.05) is 31.2 Å². The highest BCUT2D eigenvalue weighted by Gasteiger charge is 2.21. The third-order valence-corrected chi connectivity index (χ3v) is 4.81. The lowest BCUT2D eigenvalue weighted by molar-refractivity contribution is 0.620. The molecule has 0 spiro atoms. The fourth-order valence-corrected chi connectivity index (χ4v) is 3.80. The minimum atomic E-state index is 0.620. The Morgan fingerprint density at radius 3 is 3.12 bits per heavy atom. The average molecular weight is 264 g/mol. The van der Waals surface area contributed by atoms with E-state index in [1.807, 2.05) is 12.1 Å². The van der Waals surface area contributed by atoms with Crippen LogP contribution in [0.25, 0.3) is 16.2 Å². The van der Waals surface area contributed by atoms with Gasteiger partial charge in [0.05, 0.1) is 10.7 Å². The van der Waals surface area contributed by atoms with Crippen LogP contribution in [-0.2, 0) is 6.42 Å². The van der Waals surface area contributed by atoms with Crippen LogP contribution in [0.1, 0.15) is 17.4 Å². The van der Waals surface area contributed by atoms with Crippen LogP contribution < -0.4 is 5.32 Å². The van der Waals surface area contributed by atoms with E-state index >= 15 is 0 Å². The fourth-order valence-electron chi connectivity index (χ4n) is 2.48. The van der Waals surface area contributed by atoms with Crippen molar-refractivity contribution in [3.05, 3.63) is 34.2 Å². The number of nitrogens with one attached hydrogen (secondary N) is 1. The Morgan fingerprint density at radius 1 is 1.53 bits per heavy atom. The Morgan fingerprint density at radius 2 is 2.35 bits per heavy atom.